The van der Waals surface area contributed by atoms with E-state index >= 15 is 0 Å². The van der Waals surface area contributed by atoms with Crippen molar-refractivity contribution in [3.05, 3.63) is 12.7 Å². The Hall–Kier alpha value is -1.52. The highest BCUT2D eigenvalue weighted by molar-refractivity contribution is 5.69. The summed E-state index contributed by atoms with van der Waals surface area (Å²) in [5.41, 5.74) is 0. The summed E-state index contributed by atoms with van der Waals surface area (Å²) >= 11 is 0. The average Bonchev–Trinajstić information content (AvgIpc) is 2.33. The molecule has 0 bridgehead atoms. The van der Waals surface area contributed by atoms with E-state index in [4.69, 9.17) is 9.84 Å². The largest absolute Gasteiger partial charge is 0.481 e. The first-order chi connectivity index (χ1) is 8.15. The maximum atomic E-state index is 11.7. The molecule has 5 heteroatoms. The van der Waals surface area contributed by atoms with Crippen LogP contribution in [-0.4, -0.2) is 41.3 Å². The van der Waals surface area contributed by atoms with Gasteiger partial charge in [0.1, 0.15) is 6.61 Å². The number of nitrogens with zero attached hydrogens (tertiary/aromatic N) is 1. The van der Waals surface area contributed by atoms with E-state index in [-0.39, 0.29) is 25.2 Å². The van der Waals surface area contributed by atoms with Crippen LogP contribution in [0.15, 0.2) is 12.7 Å². The predicted octanol–water partition coefficient (Wildman–Crippen LogP) is 2.03. The van der Waals surface area contributed by atoms with Crippen molar-refractivity contribution in [2.24, 2.45) is 0 Å². The summed E-state index contributed by atoms with van der Waals surface area (Å²) in [6, 6.07) is -0.00262. The number of hydrogen-bond donors (Lipinski definition) is 1. The second-order valence-corrected chi connectivity index (χ2v) is 4.14. The summed E-state index contributed by atoms with van der Waals surface area (Å²) in [5, 5.41) is 8.66. The number of carbonyl (C=O) groups excluding carboxylic acids is 1. The van der Waals surface area contributed by atoms with Crippen molar-refractivity contribution in [3.8, 4) is 0 Å². The number of carbonyl (C=O) groups is 2. The predicted molar refractivity (Wildman–Crippen MR) is 62.8 cm³/mol. The lowest BCUT2D eigenvalue weighted by Crippen LogP contribution is -2.44. The first-order valence-corrected chi connectivity index (χ1v) is 5.91. The van der Waals surface area contributed by atoms with Crippen LogP contribution >= 0.6 is 0 Å². The Morgan fingerprint density at radius 2 is 2.24 bits per heavy atom. The molecule has 1 amide bonds. The van der Waals surface area contributed by atoms with Gasteiger partial charge in [0, 0.05) is 19.0 Å². The van der Waals surface area contributed by atoms with E-state index in [1.54, 1.807) is 4.90 Å². The van der Waals surface area contributed by atoms with E-state index in [1.165, 1.54) is 6.08 Å². The highest BCUT2D eigenvalue weighted by Gasteiger charge is 2.27. The lowest BCUT2D eigenvalue weighted by atomic mass is 9.98. The van der Waals surface area contributed by atoms with Crippen LogP contribution < -0.4 is 0 Å². The van der Waals surface area contributed by atoms with Crippen molar-refractivity contribution < 1.29 is 19.4 Å². The highest BCUT2D eigenvalue weighted by atomic mass is 16.6. The van der Waals surface area contributed by atoms with Gasteiger partial charge in [-0.05, 0) is 25.7 Å². The maximum absolute atomic E-state index is 11.7. The molecule has 1 rings (SSSR count). The quantitative estimate of drug-likeness (QED) is 0.748. The van der Waals surface area contributed by atoms with E-state index in [0.29, 0.717) is 13.0 Å². The van der Waals surface area contributed by atoms with Crippen molar-refractivity contribution in [3.63, 3.8) is 0 Å². The van der Waals surface area contributed by atoms with Gasteiger partial charge in [0.2, 0.25) is 0 Å². The lowest BCUT2D eigenvalue weighted by Gasteiger charge is -2.34. The van der Waals surface area contributed by atoms with Crippen molar-refractivity contribution in [2.45, 2.75) is 38.1 Å². The number of likely N-dealkylation sites (tertiary alicyclic amines) is 1. The number of hydrogen-bond acceptors (Lipinski definition) is 3. The normalized spacial score (nSPS) is 19.8. The summed E-state index contributed by atoms with van der Waals surface area (Å²) in [6.07, 6.45) is 4.60. The Morgan fingerprint density at radius 3 is 2.88 bits per heavy atom. The third-order valence-corrected chi connectivity index (χ3v) is 2.88. The van der Waals surface area contributed by atoms with Crippen LogP contribution in [0.2, 0.25) is 0 Å². The Labute approximate surface area is 101 Å². The molecule has 1 aliphatic rings. The van der Waals surface area contributed by atoms with Crippen LogP contribution in [0.3, 0.4) is 0 Å². The maximum Gasteiger partial charge on any atom is 0.410 e. The van der Waals surface area contributed by atoms with Crippen molar-refractivity contribution in [2.75, 3.05) is 13.2 Å². The Morgan fingerprint density at radius 1 is 1.47 bits per heavy atom. The number of ether oxygens (including phenoxy) is 1. The number of aliphatic carboxylic acids is 1. The molecule has 1 heterocycles. The minimum Gasteiger partial charge on any atom is -0.481 e. The fraction of sp³-hybridized carbons (Fsp3) is 0.667. The zero-order chi connectivity index (χ0) is 12.7. The molecule has 0 saturated carbocycles. The van der Waals surface area contributed by atoms with Crippen molar-refractivity contribution >= 4 is 12.1 Å². The second-order valence-electron chi connectivity index (χ2n) is 4.14. The molecule has 1 fully saturated rings. The molecule has 0 spiro atoms. The van der Waals surface area contributed by atoms with Gasteiger partial charge in [-0.3, -0.25) is 4.79 Å². The first-order valence-electron chi connectivity index (χ1n) is 5.91. The van der Waals surface area contributed by atoms with Gasteiger partial charge in [-0.1, -0.05) is 12.7 Å². The molecule has 17 heavy (non-hydrogen) atoms. The Kier molecular flexibility index (Phi) is 5.52. The molecule has 0 aromatic rings. The van der Waals surface area contributed by atoms with Crippen LogP contribution in [0.1, 0.15) is 32.1 Å². The second kappa shape index (κ2) is 6.93. The van der Waals surface area contributed by atoms with Gasteiger partial charge in [0.25, 0.3) is 0 Å². The minimum absolute atomic E-state index is 0.00262. The number of rotatable bonds is 5. The van der Waals surface area contributed by atoms with Crippen molar-refractivity contribution in [1.29, 1.82) is 0 Å². The summed E-state index contributed by atoms with van der Waals surface area (Å²) in [6.45, 7) is 4.33. The lowest BCUT2D eigenvalue weighted by molar-refractivity contribution is -0.137. The topological polar surface area (TPSA) is 66.8 Å². The molecule has 1 atom stereocenters. The summed E-state index contributed by atoms with van der Waals surface area (Å²) < 4.78 is 4.99. The molecule has 0 radical (unpaired) electrons. The number of amides is 1. The zero-order valence-electron chi connectivity index (χ0n) is 9.93. The first kappa shape index (κ1) is 13.5. The van der Waals surface area contributed by atoms with Crippen LogP contribution in [0, 0.1) is 0 Å². The van der Waals surface area contributed by atoms with Gasteiger partial charge in [-0.2, -0.15) is 0 Å². The minimum atomic E-state index is -0.824. The van der Waals surface area contributed by atoms with Crippen molar-refractivity contribution in [1.82, 2.24) is 4.90 Å². The molecule has 96 valence electrons. The highest BCUT2D eigenvalue weighted by Crippen LogP contribution is 2.21. The van der Waals surface area contributed by atoms with Gasteiger partial charge in [0.15, 0.2) is 0 Å². The molecule has 0 aliphatic carbocycles. The molecule has 1 saturated heterocycles. The van der Waals surface area contributed by atoms with Gasteiger partial charge < -0.3 is 14.7 Å². The molecule has 1 unspecified atom stereocenters. The fourth-order valence-corrected chi connectivity index (χ4v) is 2.04. The molecular weight excluding hydrogens is 222 g/mol. The van der Waals surface area contributed by atoms with Gasteiger partial charge in [-0.15, -0.1) is 0 Å². The van der Waals surface area contributed by atoms with Crippen LogP contribution in [0.5, 0.6) is 0 Å². The Balaban J connectivity index is 2.49. The molecule has 1 N–H and O–H groups in total. The summed E-state index contributed by atoms with van der Waals surface area (Å²) in [5.74, 6) is -0.824. The fourth-order valence-electron chi connectivity index (χ4n) is 2.04. The number of piperidine rings is 1. The monoisotopic (exact) mass is 241 g/mol. The van der Waals surface area contributed by atoms with E-state index in [9.17, 15) is 9.59 Å². The van der Waals surface area contributed by atoms with E-state index in [0.717, 1.165) is 19.3 Å². The van der Waals surface area contributed by atoms with Gasteiger partial charge in [-0.25, -0.2) is 4.79 Å². The molecule has 0 aromatic heterocycles. The number of carboxylic acids is 1. The summed E-state index contributed by atoms with van der Waals surface area (Å²) in [4.78, 5) is 23.9. The third kappa shape index (κ3) is 4.46. The molecule has 5 nitrogen and oxygen atoms in total. The zero-order valence-corrected chi connectivity index (χ0v) is 9.93. The van der Waals surface area contributed by atoms with Crippen LogP contribution in [0.4, 0.5) is 4.79 Å². The van der Waals surface area contributed by atoms with Crippen LogP contribution in [0.25, 0.3) is 0 Å². The SMILES string of the molecule is C=CCOC(=O)N1CCCCC1CCC(=O)O. The van der Waals surface area contributed by atoms with Gasteiger partial charge in [0.05, 0.1) is 0 Å². The Bertz CT molecular complexity index is 290. The smallest absolute Gasteiger partial charge is 0.410 e. The van der Waals surface area contributed by atoms with E-state index in [2.05, 4.69) is 6.58 Å². The third-order valence-electron chi connectivity index (χ3n) is 2.88. The average molecular weight is 241 g/mol. The number of carboxylic acid groups (broad SMARTS) is 1. The van der Waals surface area contributed by atoms with E-state index < -0.39 is 5.97 Å². The van der Waals surface area contributed by atoms with E-state index in [1.807, 2.05) is 0 Å². The van der Waals surface area contributed by atoms with Crippen LogP contribution in [-0.2, 0) is 9.53 Å². The molecular formula is C12H19NO4. The standard InChI is InChI=1S/C12H19NO4/c1-2-9-17-12(16)13-8-4-3-5-10(13)6-7-11(14)15/h2,10H,1,3-9H2,(H,14,15). The summed E-state index contributed by atoms with van der Waals surface area (Å²) in [7, 11) is 0. The molecule has 1 aliphatic heterocycles. The molecule has 0 aromatic carbocycles. The van der Waals surface area contributed by atoms with Gasteiger partial charge >= 0.3 is 12.1 Å².